The van der Waals surface area contributed by atoms with Crippen LogP contribution in [0.5, 0.6) is 0 Å². The Morgan fingerprint density at radius 3 is 2.58 bits per heavy atom. The van der Waals surface area contributed by atoms with Gasteiger partial charge in [0.2, 0.25) is 10.0 Å². The van der Waals surface area contributed by atoms with E-state index < -0.39 is 10.0 Å². The molecule has 0 aromatic carbocycles. The van der Waals surface area contributed by atoms with Crippen molar-refractivity contribution < 1.29 is 8.42 Å². The van der Waals surface area contributed by atoms with Crippen molar-refractivity contribution in [2.24, 2.45) is 5.73 Å². The van der Waals surface area contributed by atoms with Crippen LogP contribution in [0.2, 0.25) is 0 Å². The van der Waals surface area contributed by atoms with Crippen molar-refractivity contribution in [2.45, 2.75) is 43.0 Å². The van der Waals surface area contributed by atoms with Gasteiger partial charge in [0.25, 0.3) is 0 Å². The standard InChI is InChI=1S/C12H17N3O2S2/c1-2-12(6-3-7-12)15-19(16,17)9-4-5-10(11(13)18)14-8-9/h4-5,8,15H,2-3,6-7H2,1H3,(H2,13,18). The zero-order valence-electron chi connectivity index (χ0n) is 10.7. The van der Waals surface area contributed by atoms with Crippen molar-refractivity contribution in [1.29, 1.82) is 0 Å². The average Bonchev–Trinajstić information content (AvgIpc) is 2.34. The van der Waals surface area contributed by atoms with Crippen molar-refractivity contribution in [3.63, 3.8) is 0 Å². The summed E-state index contributed by atoms with van der Waals surface area (Å²) in [7, 11) is -3.53. The van der Waals surface area contributed by atoms with E-state index in [1.807, 2.05) is 6.92 Å². The number of aromatic nitrogens is 1. The summed E-state index contributed by atoms with van der Waals surface area (Å²) in [5.74, 6) is 0. The molecule has 1 fully saturated rings. The van der Waals surface area contributed by atoms with E-state index in [4.69, 9.17) is 18.0 Å². The molecule has 0 atom stereocenters. The van der Waals surface area contributed by atoms with Crippen molar-refractivity contribution in [3.8, 4) is 0 Å². The van der Waals surface area contributed by atoms with Crippen molar-refractivity contribution in [3.05, 3.63) is 24.0 Å². The molecule has 1 aliphatic carbocycles. The number of hydrogen-bond acceptors (Lipinski definition) is 4. The lowest BCUT2D eigenvalue weighted by molar-refractivity contribution is 0.214. The number of thiocarbonyl (C=S) groups is 1. The molecule has 1 heterocycles. The van der Waals surface area contributed by atoms with E-state index in [0.29, 0.717) is 5.69 Å². The van der Waals surface area contributed by atoms with Gasteiger partial charge in [-0.1, -0.05) is 19.1 Å². The van der Waals surface area contributed by atoms with Crippen LogP contribution in [0, 0.1) is 0 Å². The number of nitrogens with one attached hydrogen (secondary N) is 1. The van der Waals surface area contributed by atoms with Crippen LogP contribution in [0.3, 0.4) is 0 Å². The molecule has 2 rings (SSSR count). The van der Waals surface area contributed by atoms with E-state index in [1.165, 1.54) is 18.3 Å². The van der Waals surface area contributed by atoms with E-state index in [1.54, 1.807) is 0 Å². The van der Waals surface area contributed by atoms with Gasteiger partial charge in [-0.15, -0.1) is 0 Å². The second-order valence-corrected chi connectivity index (χ2v) is 6.96. The highest BCUT2D eigenvalue weighted by atomic mass is 32.2. The number of nitrogens with two attached hydrogens (primary N) is 1. The van der Waals surface area contributed by atoms with Gasteiger partial charge < -0.3 is 5.73 Å². The van der Waals surface area contributed by atoms with E-state index in [2.05, 4.69) is 9.71 Å². The Morgan fingerprint density at radius 1 is 1.53 bits per heavy atom. The third-order valence-corrected chi connectivity index (χ3v) is 5.41. The maximum Gasteiger partial charge on any atom is 0.242 e. The Kier molecular flexibility index (Phi) is 3.89. The lowest BCUT2D eigenvalue weighted by Gasteiger charge is -2.41. The highest BCUT2D eigenvalue weighted by molar-refractivity contribution is 7.89. The van der Waals surface area contributed by atoms with Crippen LogP contribution in [0.15, 0.2) is 23.2 Å². The smallest absolute Gasteiger partial charge is 0.242 e. The fraction of sp³-hybridized carbons (Fsp3) is 0.500. The maximum atomic E-state index is 12.3. The largest absolute Gasteiger partial charge is 0.388 e. The van der Waals surface area contributed by atoms with Gasteiger partial charge in [0.15, 0.2) is 0 Å². The first-order valence-electron chi connectivity index (χ1n) is 6.18. The summed E-state index contributed by atoms with van der Waals surface area (Å²) in [4.78, 5) is 4.26. The average molecular weight is 299 g/mol. The van der Waals surface area contributed by atoms with Gasteiger partial charge >= 0.3 is 0 Å². The summed E-state index contributed by atoms with van der Waals surface area (Å²) in [5.41, 5.74) is 5.57. The summed E-state index contributed by atoms with van der Waals surface area (Å²) >= 11 is 4.78. The number of rotatable bonds is 5. The van der Waals surface area contributed by atoms with Crippen LogP contribution in [0.1, 0.15) is 38.3 Å². The highest BCUT2D eigenvalue weighted by Crippen LogP contribution is 2.35. The van der Waals surface area contributed by atoms with Crippen LogP contribution < -0.4 is 10.5 Å². The molecule has 0 radical (unpaired) electrons. The first-order valence-corrected chi connectivity index (χ1v) is 8.07. The molecule has 7 heteroatoms. The molecule has 104 valence electrons. The number of sulfonamides is 1. The molecule has 1 aliphatic rings. The Bertz CT molecular complexity index is 572. The molecule has 0 spiro atoms. The predicted octanol–water partition coefficient (Wildman–Crippen LogP) is 1.33. The molecule has 0 unspecified atom stereocenters. The second-order valence-electron chi connectivity index (χ2n) is 4.84. The van der Waals surface area contributed by atoms with Gasteiger partial charge in [0.1, 0.15) is 9.88 Å². The quantitative estimate of drug-likeness (QED) is 0.801. The van der Waals surface area contributed by atoms with Crippen molar-refractivity contribution in [1.82, 2.24) is 9.71 Å². The van der Waals surface area contributed by atoms with Gasteiger partial charge in [-0.2, -0.15) is 0 Å². The monoisotopic (exact) mass is 299 g/mol. The van der Waals surface area contributed by atoms with E-state index in [0.717, 1.165) is 25.7 Å². The summed E-state index contributed by atoms with van der Waals surface area (Å²) in [6.45, 7) is 2.00. The molecule has 0 saturated heterocycles. The maximum absolute atomic E-state index is 12.3. The zero-order valence-corrected chi connectivity index (χ0v) is 12.4. The van der Waals surface area contributed by atoms with Gasteiger partial charge in [0.05, 0.1) is 5.69 Å². The van der Waals surface area contributed by atoms with Crippen LogP contribution >= 0.6 is 12.2 Å². The topological polar surface area (TPSA) is 85.1 Å². The summed E-state index contributed by atoms with van der Waals surface area (Å²) in [5, 5.41) is 0. The van der Waals surface area contributed by atoms with E-state index >= 15 is 0 Å². The fourth-order valence-corrected chi connectivity index (χ4v) is 3.76. The number of hydrogen-bond donors (Lipinski definition) is 2. The molecule has 19 heavy (non-hydrogen) atoms. The van der Waals surface area contributed by atoms with Crippen molar-refractivity contribution >= 4 is 27.2 Å². The Labute approximate surface area is 118 Å². The van der Waals surface area contributed by atoms with Crippen LogP contribution in [0.25, 0.3) is 0 Å². The molecule has 0 bridgehead atoms. The molecular weight excluding hydrogens is 282 g/mol. The molecule has 1 saturated carbocycles. The first kappa shape index (κ1) is 14.4. The minimum absolute atomic E-state index is 0.146. The van der Waals surface area contributed by atoms with Gasteiger partial charge in [-0.3, -0.25) is 4.98 Å². The third-order valence-electron chi connectivity index (χ3n) is 3.64. The molecule has 1 aromatic heterocycles. The molecule has 0 amide bonds. The fourth-order valence-electron chi connectivity index (χ4n) is 2.16. The highest BCUT2D eigenvalue weighted by Gasteiger charge is 2.39. The minimum Gasteiger partial charge on any atom is -0.388 e. The molecule has 0 aliphatic heterocycles. The third kappa shape index (κ3) is 2.93. The number of nitrogens with zero attached hydrogens (tertiary/aromatic N) is 1. The van der Waals surface area contributed by atoms with Crippen molar-refractivity contribution in [2.75, 3.05) is 0 Å². The Hall–Kier alpha value is -1.05. The Morgan fingerprint density at radius 2 is 2.21 bits per heavy atom. The lowest BCUT2D eigenvalue weighted by atomic mass is 9.76. The Balaban J connectivity index is 2.22. The first-order chi connectivity index (χ1) is 8.88. The van der Waals surface area contributed by atoms with E-state index in [-0.39, 0.29) is 15.4 Å². The summed E-state index contributed by atoms with van der Waals surface area (Å²) in [6.07, 6.45) is 4.93. The van der Waals surface area contributed by atoms with Gasteiger partial charge in [-0.05, 0) is 37.8 Å². The second kappa shape index (κ2) is 5.15. The van der Waals surface area contributed by atoms with Crippen LogP contribution in [-0.4, -0.2) is 23.9 Å². The molecule has 1 aromatic rings. The van der Waals surface area contributed by atoms with Gasteiger partial charge in [0, 0.05) is 11.7 Å². The van der Waals surface area contributed by atoms with Crippen LogP contribution in [-0.2, 0) is 10.0 Å². The summed E-state index contributed by atoms with van der Waals surface area (Å²) < 4.78 is 27.3. The van der Waals surface area contributed by atoms with E-state index in [9.17, 15) is 8.42 Å². The molecular formula is C12H17N3O2S2. The molecule has 3 N–H and O–H groups in total. The van der Waals surface area contributed by atoms with Crippen LogP contribution in [0.4, 0.5) is 0 Å². The SMILES string of the molecule is CCC1(NS(=O)(=O)c2ccc(C(N)=S)nc2)CCC1. The zero-order chi connectivity index (χ0) is 14.1. The normalized spacial score (nSPS) is 17.7. The lowest BCUT2D eigenvalue weighted by Crippen LogP contribution is -2.52. The molecule has 5 nitrogen and oxygen atoms in total. The number of pyridine rings is 1. The summed E-state index contributed by atoms with van der Waals surface area (Å²) in [6, 6.07) is 3.00. The minimum atomic E-state index is -3.53. The predicted molar refractivity (Wildman–Crippen MR) is 77.3 cm³/mol. The van der Waals surface area contributed by atoms with Gasteiger partial charge in [-0.25, -0.2) is 13.1 Å².